The summed E-state index contributed by atoms with van der Waals surface area (Å²) in [7, 11) is -3.80. The lowest BCUT2D eigenvalue weighted by atomic mass is 10.2. The first kappa shape index (κ1) is 13.8. The molecule has 0 radical (unpaired) electrons. The zero-order valence-corrected chi connectivity index (χ0v) is 11.4. The van der Waals surface area contributed by atoms with Gasteiger partial charge in [-0.2, -0.15) is 0 Å². The standard InChI is InChI=1S/C13H11ClFNO2S/c14-11-6-5-10(16)7-9(11)8-19(17,18)13-4-2-1-3-12(13)15/h1-7H,8,16H2. The monoisotopic (exact) mass is 299 g/mol. The van der Waals surface area contributed by atoms with Crippen LogP contribution >= 0.6 is 11.6 Å². The predicted octanol–water partition coefficient (Wildman–Crippen LogP) is 3.04. The van der Waals surface area contributed by atoms with Gasteiger partial charge in [-0.05, 0) is 35.9 Å². The summed E-state index contributed by atoms with van der Waals surface area (Å²) >= 11 is 5.92. The van der Waals surface area contributed by atoms with Crippen molar-refractivity contribution in [3.63, 3.8) is 0 Å². The van der Waals surface area contributed by atoms with Crippen molar-refractivity contribution in [1.29, 1.82) is 0 Å². The van der Waals surface area contributed by atoms with E-state index < -0.39 is 21.4 Å². The third kappa shape index (κ3) is 3.05. The predicted molar refractivity (Wildman–Crippen MR) is 73.2 cm³/mol. The Kier molecular flexibility index (Phi) is 3.78. The molecule has 19 heavy (non-hydrogen) atoms. The minimum atomic E-state index is -3.80. The van der Waals surface area contributed by atoms with E-state index in [4.69, 9.17) is 17.3 Å². The molecule has 6 heteroatoms. The van der Waals surface area contributed by atoms with E-state index in [0.717, 1.165) is 6.07 Å². The van der Waals surface area contributed by atoms with E-state index in [0.29, 0.717) is 11.3 Å². The Labute approximate surface area is 115 Å². The second-order valence-corrected chi connectivity index (χ2v) is 6.41. The first-order chi connectivity index (χ1) is 8.90. The summed E-state index contributed by atoms with van der Waals surface area (Å²) in [4.78, 5) is -0.339. The van der Waals surface area contributed by atoms with E-state index in [1.54, 1.807) is 6.07 Å². The van der Waals surface area contributed by atoms with Crippen LogP contribution in [0.25, 0.3) is 0 Å². The number of benzene rings is 2. The highest BCUT2D eigenvalue weighted by Crippen LogP contribution is 2.25. The first-order valence-electron chi connectivity index (χ1n) is 5.41. The lowest BCUT2D eigenvalue weighted by molar-refractivity contribution is 0.566. The van der Waals surface area contributed by atoms with Crippen LogP contribution in [0.5, 0.6) is 0 Å². The molecule has 0 aliphatic rings. The number of halogens is 2. The van der Waals surface area contributed by atoms with Crippen LogP contribution in [0.2, 0.25) is 5.02 Å². The molecular formula is C13H11ClFNO2S. The van der Waals surface area contributed by atoms with Crippen molar-refractivity contribution < 1.29 is 12.8 Å². The highest BCUT2D eigenvalue weighted by atomic mass is 35.5. The van der Waals surface area contributed by atoms with E-state index >= 15 is 0 Å². The van der Waals surface area contributed by atoms with Gasteiger partial charge in [0.25, 0.3) is 0 Å². The Balaban J connectivity index is 2.43. The average Bonchev–Trinajstić information content (AvgIpc) is 2.34. The summed E-state index contributed by atoms with van der Waals surface area (Å²) in [5.41, 5.74) is 6.34. The molecule has 0 spiro atoms. The Morgan fingerprint density at radius 2 is 1.84 bits per heavy atom. The molecule has 0 heterocycles. The van der Waals surface area contributed by atoms with Crippen LogP contribution < -0.4 is 5.73 Å². The van der Waals surface area contributed by atoms with Gasteiger partial charge in [-0.15, -0.1) is 0 Å². The fourth-order valence-corrected chi connectivity index (χ4v) is 3.40. The van der Waals surface area contributed by atoms with Gasteiger partial charge < -0.3 is 5.73 Å². The van der Waals surface area contributed by atoms with Gasteiger partial charge in [0, 0.05) is 10.7 Å². The molecule has 0 aromatic heterocycles. The molecule has 3 nitrogen and oxygen atoms in total. The summed E-state index contributed by atoms with van der Waals surface area (Å²) in [5.74, 6) is -1.17. The molecule has 0 fully saturated rings. The van der Waals surface area contributed by atoms with Crippen LogP contribution in [0.3, 0.4) is 0 Å². The van der Waals surface area contributed by atoms with Gasteiger partial charge in [0.15, 0.2) is 9.84 Å². The molecule has 0 atom stereocenters. The van der Waals surface area contributed by atoms with Crippen molar-refractivity contribution in [3.05, 3.63) is 58.9 Å². The van der Waals surface area contributed by atoms with Crippen molar-refractivity contribution in [2.45, 2.75) is 10.6 Å². The lowest BCUT2D eigenvalue weighted by Crippen LogP contribution is -2.08. The zero-order chi connectivity index (χ0) is 14.0. The normalized spacial score (nSPS) is 11.5. The number of rotatable bonds is 3. The quantitative estimate of drug-likeness (QED) is 0.886. The van der Waals surface area contributed by atoms with Gasteiger partial charge in [0.05, 0.1) is 5.75 Å². The Hall–Kier alpha value is -1.59. The van der Waals surface area contributed by atoms with E-state index in [1.165, 1.54) is 30.3 Å². The van der Waals surface area contributed by atoms with Gasteiger partial charge >= 0.3 is 0 Å². The molecule has 2 aromatic carbocycles. The van der Waals surface area contributed by atoms with Crippen LogP contribution in [-0.2, 0) is 15.6 Å². The molecule has 0 unspecified atom stereocenters. The number of nitrogen functional groups attached to an aromatic ring is 1. The number of sulfone groups is 1. The molecule has 0 bridgehead atoms. The topological polar surface area (TPSA) is 60.2 Å². The Morgan fingerprint density at radius 1 is 1.16 bits per heavy atom. The van der Waals surface area contributed by atoms with E-state index in [9.17, 15) is 12.8 Å². The first-order valence-corrected chi connectivity index (χ1v) is 7.44. The van der Waals surface area contributed by atoms with Crippen molar-refractivity contribution in [1.82, 2.24) is 0 Å². The fraction of sp³-hybridized carbons (Fsp3) is 0.0769. The van der Waals surface area contributed by atoms with Gasteiger partial charge in [-0.1, -0.05) is 23.7 Å². The van der Waals surface area contributed by atoms with Crippen LogP contribution in [0.15, 0.2) is 47.4 Å². The average molecular weight is 300 g/mol. The molecule has 0 aliphatic heterocycles. The lowest BCUT2D eigenvalue weighted by Gasteiger charge is -2.08. The third-order valence-corrected chi connectivity index (χ3v) is 4.65. The van der Waals surface area contributed by atoms with Crippen molar-refractivity contribution >= 4 is 27.1 Å². The van der Waals surface area contributed by atoms with Crippen LogP contribution in [0.1, 0.15) is 5.56 Å². The summed E-state index contributed by atoms with van der Waals surface area (Å²) in [6.45, 7) is 0. The van der Waals surface area contributed by atoms with Gasteiger partial charge in [-0.25, -0.2) is 12.8 Å². The molecule has 0 aliphatic carbocycles. The minimum Gasteiger partial charge on any atom is -0.399 e. The second kappa shape index (κ2) is 5.19. The molecule has 0 amide bonds. The Morgan fingerprint density at radius 3 is 2.53 bits per heavy atom. The number of anilines is 1. The maximum Gasteiger partial charge on any atom is 0.185 e. The number of nitrogens with two attached hydrogens (primary N) is 1. The molecule has 2 N–H and O–H groups in total. The molecule has 100 valence electrons. The SMILES string of the molecule is Nc1ccc(Cl)c(CS(=O)(=O)c2ccccc2F)c1. The largest absolute Gasteiger partial charge is 0.399 e. The smallest absolute Gasteiger partial charge is 0.185 e. The van der Waals surface area contributed by atoms with Gasteiger partial charge in [-0.3, -0.25) is 0 Å². The van der Waals surface area contributed by atoms with E-state index in [1.807, 2.05) is 0 Å². The van der Waals surface area contributed by atoms with Gasteiger partial charge in [0.2, 0.25) is 0 Å². The summed E-state index contributed by atoms with van der Waals surface area (Å²) in [5, 5.41) is 0.286. The van der Waals surface area contributed by atoms with E-state index in [-0.39, 0.29) is 9.92 Å². The maximum atomic E-state index is 13.5. The number of hydrogen-bond acceptors (Lipinski definition) is 3. The second-order valence-electron chi connectivity index (χ2n) is 4.04. The van der Waals surface area contributed by atoms with Crippen molar-refractivity contribution in [3.8, 4) is 0 Å². The third-order valence-electron chi connectivity index (χ3n) is 2.59. The number of hydrogen-bond donors (Lipinski definition) is 1. The van der Waals surface area contributed by atoms with Gasteiger partial charge in [0.1, 0.15) is 10.7 Å². The molecular weight excluding hydrogens is 289 g/mol. The molecule has 0 saturated heterocycles. The summed E-state index contributed by atoms with van der Waals surface area (Å²) < 4.78 is 37.8. The minimum absolute atomic E-state index is 0.286. The molecule has 0 saturated carbocycles. The maximum absolute atomic E-state index is 13.5. The van der Waals surface area contributed by atoms with Crippen molar-refractivity contribution in [2.24, 2.45) is 0 Å². The highest BCUT2D eigenvalue weighted by molar-refractivity contribution is 7.90. The summed E-state index contributed by atoms with van der Waals surface area (Å²) in [6.07, 6.45) is 0. The van der Waals surface area contributed by atoms with Crippen LogP contribution in [-0.4, -0.2) is 8.42 Å². The Bertz CT molecular complexity index is 716. The van der Waals surface area contributed by atoms with Crippen LogP contribution in [0.4, 0.5) is 10.1 Å². The van der Waals surface area contributed by atoms with Crippen molar-refractivity contribution in [2.75, 3.05) is 5.73 Å². The summed E-state index contributed by atoms with van der Waals surface area (Å²) in [6, 6.07) is 9.79. The highest BCUT2D eigenvalue weighted by Gasteiger charge is 2.20. The molecule has 2 rings (SSSR count). The molecule has 2 aromatic rings. The fourth-order valence-electron chi connectivity index (χ4n) is 1.68. The van der Waals surface area contributed by atoms with E-state index in [2.05, 4.69) is 0 Å². The van der Waals surface area contributed by atoms with Crippen LogP contribution in [0, 0.1) is 5.82 Å². The zero-order valence-electron chi connectivity index (χ0n) is 9.81.